The summed E-state index contributed by atoms with van der Waals surface area (Å²) in [7, 11) is 0. The fourth-order valence-corrected chi connectivity index (χ4v) is 4.96. The Morgan fingerprint density at radius 3 is 2.38 bits per heavy atom. The zero-order chi connectivity index (χ0) is 18.4. The number of nitrogen functional groups attached to an aromatic ring is 1. The highest BCUT2D eigenvalue weighted by Gasteiger charge is 2.36. The van der Waals surface area contributed by atoms with Crippen LogP contribution in [0.15, 0.2) is 54.2 Å². The van der Waals surface area contributed by atoms with E-state index in [9.17, 15) is 0 Å². The molecule has 0 aliphatic heterocycles. The number of hydrogen-bond acceptors (Lipinski definition) is 2. The zero-order valence-corrected chi connectivity index (χ0v) is 17.6. The smallest absolute Gasteiger partial charge is 0.220 e. The minimum Gasteiger partial charge on any atom is -0.401 e. The monoisotopic (exact) mass is 472 g/mol. The maximum absolute atomic E-state index is 6.31. The van der Waals surface area contributed by atoms with Crippen LogP contribution in [0.2, 0.25) is 0 Å². The van der Waals surface area contributed by atoms with Crippen molar-refractivity contribution in [3.8, 4) is 11.3 Å². The highest BCUT2D eigenvalue weighted by atomic mass is 79.9. The number of benzene rings is 2. The predicted molar refractivity (Wildman–Crippen MR) is 116 cm³/mol. The molecule has 5 heteroatoms. The van der Waals surface area contributed by atoms with Crippen LogP contribution >= 0.6 is 31.9 Å². The van der Waals surface area contributed by atoms with Crippen LogP contribution in [0.4, 0.5) is 5.69 Å². The molecule has 26 heavy (non-hydrogen) atoms. The molecule has 0 bridgehead atoms. The van der Waals surface area contributed by atoms with Gasteiger partial charge in [-0.2, -0.15) is 4.57 Å². The van der Waals surface area contributed by atoms with Crippen LogP contribution in [0.3, 0.4) is 0 Å². The van der Waals surface area contributed by atoms with Crippen LogP contribution in [-0.2, 0) is 6.54 Å². The zero-order valence-electron chi connectivity index (χ0n) is 14.4. The molecule has 0 amide bonds. The topological polar surface area (TPSA) is 55.9 Å². The molecule has 2 atom stereocenters. The van der Waals surface area contributed by atoms with Gasteiger partial charge in [0.15, 0.2) is 0 Å². The summed E-state index contributed by atoms with van der Waals surface area (Å²) < 4.78 is 2.34. The number of pyridine rings is 1. The van der Waals surface area contributed by atoms with E-state index in [1.165, 1.54) is 22.2 Å². The van der Waals surface area contributed by atoms with Crippen molar-refractivity contribution in [2.45, 2.75) is 23.1 Å². The molecule has 0 saturated carbocycles. The van der Waals surface area contributed by atoms with Gasteiger partial charge in [-0.15, -0.1) is 0 Å². The summed E-state index contributed by atoms with van der Waals surface area (Å²) in [5.41, 5.74) is 18.8. The van der Waals surface area contributed by atoms with Gasteiger partial charge in [-0.1, -0.05) is 56.1 Å². The Morgan fingerprint density at radius 2 is 1.69 bits per heavy atom. The number of aromatic nitrogens is 1. The van der Waals surface area contributed by atoms with Crippen molar-refractivity contribution in [3.63, 3.8) is 0 Å². The van der Waals surface area contributed by atoms with Crippen LogP contribution < -0.4 is 16.0 Å². The van der Waals surface area contributed by atoms with E-state index in [-0.39, 0.29) is 9.65 Å². The summed E-state index contributed by atoms with van der Waals surface area (Å²) in [6.45, 7) is 3.01. The highest BCUT2D eigenvalue weighted by molar-refractivity contribution is 9.12. The maximum atomic E-state index is 6.31. The van der Waals surface area contributed by atoms with Gasteiger partial charge in [0.25, 0.3) is 0 Å². The van der Waals surface area contributed by atoms with Crippen LogP contribution in [0.1, 0.15) is 23.0 Å². The lowest BCUT2D eigenvalue weighted by Crippen LogP contribution is -2.42. The first kappa shape index (κ1) is 17.6. The second-order valence-electron chi connectivity index (χ2n) is 6.51. The van der Waals surface area contributed by atoms with Crippen molar-refractivity contribution in [2.75, 3.05) is 5.73 Å². The molecule has 132 valence electrons. The number of anilines is 1. The molecule has 0 radical (unpaired) electrons. The van der Waals surface area contributed by atoms with E-state index in [1.54, 1.807) is 0 Å². The van der Waals surface area contributed by atoms with E-state index in [0.717, 1.165) is 29.0 Å². The molecule has 4 rings (SSSR count). The molecule has 2 unspecified atom stereocenters. The standard InChI is InChI=1S/C21H19Br2N3/c1-2-26-17-11-16(25)19(22)20(23)18(17)14-9-8-13(24)10-15(14)21(26)12-6-4-3-5-7-12/h3-11,19-20,25H,2,24H2,1H3/p+1. The molecule has 1 aromatic heterocycles. The van der Waals surface area contributed by atoms with Gasteiger partial charge in [0.05, 0.1) is 15.0 Å². The Balaban J connectivity index is 2.21. The van der Waals surface area contributed by atoms with Gasteiger partial charge in [-0.3, -0.25) is 0 Å². The Hall–Kier alpha value is -1.85. The quantitative estimate of drug-likeness (QED) is 0.315. The molecular weight excluding hydrogens is 454 g/mol. The summed E-state index contributed by atoms with van der Waals surface area (Å²) in [4.78, 5) is 0.153. The molecule has 3 nitrogen and oxygen atoms in total. The summed E-state index contributed by atoms with van der Waals surface area (Å²) >= 11 is 7.59. The molecule has 0 spiro atoms. The molecule has 0 fully saturated rings. The number of alkyl halides is 2. The van der Waals surface area contributed by atoms with E-state index in [4.69, 9.17) is 11.5 Å². The molecule has 2 aromatic carbocycles. The predicted octanol–water partition coefficient (Wildman–Crippen LogP) is 4.91. The lowest BCUT2D eigenvalue weighted by Gasteiger charge is -2.26. The van der Waals surface area contributed by atoms with Gasteiger partial charge in [0, 0.05) is 28.6 Å². The number of hydrogen-bond donors (Lipinski definition) is 2. The Labute approximate surface area is 170 Å². The SMILES string of the molecule is CC[n+]1c2c(c3ccc(N)cc3c1-c1ccccc1)C(Br)C(Br)C(N)=C2. The molecule has 3 aromatic rings. The number of fused-ring (bicyclic) bond motifs is 3. The number of allylic oxidation sites excluding steroid dienone is 1. The van der Waals surface area contributed by atoms with Crippen molar-refractivity contribution in [3.05, 3.63) is 65.5 Å². The van der Waals surface area contributed by atoms with Crippen LogP contribution in [0, 0.1) is 0 Å². The first-order valence-corrected chi connectivity index (χ1v) is 10.5. The van der Waals surface area contributed by atoms with Crippen molar-refractivity contribution >= 4 is 54.4 Å². The lowest BCUT2D eigenvalue weighted by molar-refractivity contribution is -0.683. The Bertz CT molecular complexity index is 1030. The lowest BCUT2D eigenvalue weighted by atomic mass is 9.91. The fraction of sp³-hybridized carbons (Fsp3) is 0.190. The Kier molecular flexibility index (Phi) is 4.53. The third-order valence-electron chi connectivity index (χ3n) is 4.94. The molecule has 1 aliphatic carbocycles. The minimum atomic E-state index is 0.0589. The third-order valence-corrected chi connectivity index (χ3v) is 7.70. The second-order valence-corrected chi connectivity index (χ2v) is 8.48. The average Bonchev–Trinajstić information content (AvgIpc) is 2.65. The van der Waals surface area contributed by atoms with Crippen molar-refractivity contribution < 1.29 is 4.57 Å². The average molecular weight is 474 g/mol. The number of halogens is 2. The first-order valence-electron chi connectivity index (χ1n) is 8.62. The normalized spacial score (nSPS) is 19.3. The van der Waals surface area contributed by atoms with E-state index in [2.05, 4.69) is 85.8 Å². The van der Waals surface area contributed by atoms with Crippen molar-refractivity contribution in [1.29, 1.82) is 0 Å². The highest BCUT2D eigenvalue weighted by Crippen LogP contribution is 2.44. The van der Waals surface area contributed by atoms with Crippen molar-refractivity contribution in [2.24, 2.45) is 5.73 Å². The Morgan fingerprint density at radius 1 is 0.962 bits per heavy atom. The first-order chi connectivity index (χ1) is 12.5. The second kappa shape index (κ2) is 6.71. The van der Waals surface area contributed by atoms with Gasteiger partial charge in [-0.25, -0.2) is 0 Å². The van der Waals surface area contributed by atoms with E-state index in [1.807, 2.05) is 12.1 Å². The van der Waals surface area contributed by atoms with E-state index in [0.29, 0.717) is 0 Å². The summed E-state index contributed by atoms with van der Waals surface area (Å²) in [5.74, 6) is 0. The van der Waals surface area contributed by atoms with Gasteiger partial charge in [-0.05, 0) is 36.6 Å². The van der Waals surface area contributed by atoms with Crippen molar-refractivity contribution in [1.82, 2.24) is 0 Å². The number of nitrogens with zero attached hydrogens (tertiary/aromatic N) is 1. The summed E-state index contributed by atoms with van der Waals surface area (Å²) in [6, 6.07) is 16.6. The van der Waals surface area contributed by atoms with Crippen LogP contribution in [0.5, 0.6) is 0 Å². The fourth-order valence-electron chi connectivity index (χ4n) is 3.78. The molecule has 1 heterocycles. The maximum Gasteiger partial charge on any atom is 0.220 e. The molecule has 1 aliphatic rings. The third kappa shape index (κ3) is 2.65. The van der Waals surface area contributed by atoms with Gasteiger partial charge < -0.3 is 11.5 Å². The summed E-state index contributed by atoms with van der Waals surface area (Å²) in [6.07, 6.45) is 2.10. The summed E-state index contributed by atoms with van der Waals surface area (Å²) in [5, 5.41) is 2.36. The molecule has 4 N–H and O–H groups in total. The minimum absolute atomic E-state index is 0.0589. The molecule has 0 saturated heterocycles. The van der Waals surface area contributed by atoms with E-state index >= 15 is 0 Å². The molecular formula is C21H20Br2N3+. The van der Waals surface area contributed by atoms with Gasteiger partial charge in [0.2, 0.25) is 11.4 Å². The number of rotatable bonds is 2. The largest absolute Gasteiger partial charge is 0.401 e. The van der Waals surface area contributed by atoms with Gasteiger partial charge >= 0.3 is 0 Å². The van der Waals surface area contributed by atoms with Crippen LogP contribution in [-0.4, -0.2) is 4.83 Å². The van der Waals surface area contributed by atoms with Gasteiger partial charge in [0.1, 0.15) is 6.54 Å². The number of nitrogens with two attached hydrogens (primary N) is 2. The van der Waals surface area contributed by atoms with E-state index < -0.39 is 0 Å². The van der Waals surface area contributed by atoms with Crippen LogP contribution in [0.25, 0.3) is 28.1 Å².